The molecular weight excluding hydrogens is 395 g/mol. The highest BCUT2D eigenvalue weighted by atomic mass is 35.5. The van der Waals surface area contributed by atoms with Crippen LogP contribution in [-0.2, 0) is 0 Å². The van der Waals surface area contributed by atoms with Crippen LogP contribution in [0.5, 0.6) is 0 Å². The van der Waals surface area contributed by atoms with Gasteiger partial charge in [0.15, 0.2) is 17.3 Å². The standard InChI is InChI=1S/C23H14Cl2O3/c24-19-12-11-17(13-20(19)25)21(26)14-18(22(27)15-7-3-1-4-8-15)23(28)16-9-5-2-6-10-16/h1-14H. The van der Waals surface area contributed by atoms with Crippen molar-refractivity contribution in [3.05, 3.63) is 117 Å². The van der Waals surface area contributed by atoms with E-state index < -0.39 is 17.3 Å². The number of benzene rings is 3. The first-order valence-corrected chi connectivity index (χ1v) is 9.13. The fourth-order valence-corrected chi connectivity index (χ4v) is 2.89. The number of allylic oxidation sites excluding steroid dienone is 2. The highest BCUT2D eigenvalue weighted by Crippen LogP contribution is 2.24. The van der Waals surface area contributed by atoms with Gasteiger partial charge in [-0.05, 0) is 18.2 Å². The number of hydrogen-bond donors (Lipinski definition) is 0. The van der Waals surface area contributed by atoms with Crippen LogP contribution in [0.25, 0.3) is 0 Å². The van der Waals surface area contributed by atoms with E-state index in [1.165, 1.54) is 18.2 Å². The van der Waals surface area contributed by atoms with Crippen molar-refractivity contribution in [2.45, 2.75) is 0 Å². The number of carbonyl (C=O) groups excluding carboxylic acids is 3. The van der Waals surface area contributed by atoms with Gasteiger partial charge in [0.2, 0.25) is 0 Å². The molecule has 0 saturated carbocycles. The smallest absolute Gasteiger partial charge is 0.197 e. The Bertz CT molecular complexity index is 1020. The normalized spacial score (nSPS) is 10.2. The highest BCUT2D eigenvalue weighted by molar-refractivity contribution is 6.42. The first kappa shape index (κ1) is 19.7. The molecule has 0 radical (unpaired) electrons. The molecule has 0 bridgehead atoms. The number of rotatable bonds is 6. The van der Waals surface area contributed by atoms with Crippen LogP contribution >= 0.6 is 23.2 Å². The maximum absolute atomic E-state index is 13.0. The van der Waals surface area contributed by atoms with Gasteiger partial charge >= 0.3 is 0 Å². The molecule has 3 aromatic carbocycles. The molecule has 3 rings (SSSR count). The quantitative estimate of drug-likeness (QED) is 0.222. The van der Waals surface area contributed by atoms with E-state index in [1.807, 2.05) is 0 Å². The molecule has 0 spiro atoms. The minimum absolute atomic E-state index is 0.214. The van der Waals surface area contributed by atoms with E-state index in [2.05, 4.69) is 0 Å². The summed E-state index contributed by atoms with van der Waals surface area (Å²) < 4.78 is 0. The molecular formula is C23H14Cl2O3. The monoisotopic (exact) mass is 408 g/mol. The van der Waals surface area contributed by atoms with Crippen LogP contribution in [0.2, 0.25) is 10.0 Å². The van der Waals surface area contributed by atoms with Gasteiger partial charge < -0.3 is 0 Å². The van der Waals surface area contributed by atoms with Crippen molar-refractivity contribution < 1.29 is 14.4 Å². The summed E-state index contributed by atoms with van der Waals surface area (Å²) in [5, 5.41) is 0.523. The van der Waals surface area contributed by atoms with E-state index >= 15 is 0 Å². The second kappa shape index (κ2) is 8.79. The Kier molecular flexibility index (Phi) is 6.19. The van der Waals surface area contributed by atoms with E-state index in [-0.39, 0.29) is 16.2 Å². The zero-order chi connectivity index (χ0) is 20.1. The zero-order valence-corrected chi connectivity index (χ0v) is 16.1. The topological polar surface area (TPSA) is 51.2 Å². The van der Waals surface area contributed by atoms with Gasteiger partial charge in [-0.2, -0.15) is 0 Å². The van der Waals surface area contributed by atoms with E-state index in [1.54, 1.807) is 60.7 Å². The molecule has 0 atom stereocenters. The van der Waals surface area contributed by atoms with Crippen molar-refractivity contribution in [1.82, 2.24) is 0 Å². The van der Waals surface area contributed by atoms with Crippen molar-refractivity contribution in [3.8, 4) is 0 Å². The minimum Gasteiger partial charge on any atom is -0.289 e. The van der Waals surface area contributed by atoms with E-state index in [9.17, 15) is 14.4 Å². The molecule has 3 nitrogen and oxygen atoms in total. The van der Waals surface area contributed by atoms with Gasteiger partial charge in [-0.3, -0.25) is 14.4 Å². The van der Waals surface area contributed by atoms with Crippen LogP contribution in [0.1, 0.15) is 31.1 Å². The average molecular weight is 409 g/mol. The second-order valence-corrected chi connectivity index (χ2v) is 6.76. The van der Waals surface area contributed by atoms with Crippen molar-refractivity contribution in [1.29, 1.82) is 0 Å². The number of hydrogen-bond acceptors (Lipinski definition) is 3. The van der Waals surface area contributed by atoms with E-state index in [0.29, 0.717) is 16.1 Å². The summed E-state index contributed by atoms with van der Waals surface area (Å²) in [6, 6.07) is 21.1. The van der Waals surface area contributed by atoms with Crippen molar-refractivity contribution in [3.63, 3.8) is 0 Å². The lowest BCUT2D eigenvalue weighted by atomic mass is 9.94. The third-order valence-electron chi connectivity index (χ3n) is 4.04. The molecule has 0 aliphatic rings. The lowest BCUT2D eigenvalue weighted by Crippen LogP contribution is -2.15. The molecule has 0 aliphatic heterocycles. The molecule has 0 unspecified atom stereocenters. The fraction of sp³-hybridized carbons (Fsp3) is 0. The molecule has 0 amide bonds. The Balaban J connectivity index is 2.06. The van der Waals surface area contributed by atoms with Gasteiger partial charge in [0, 0.05) is 22.8 Å². The molecule has 28 heavy (non-hydrogen) atoms. The third-order valence-corrected chi connectivity index (χ3v) is 4.78. The van der Waals surface area contributed by atoms with Crippen molar-refractivity contribution in [2.24, 2.45) is 0 Å². The number of Topliss-reactive ketones (excluding diaryl/α,β-unsaturated/α-hetero) is 2. The van der Waals surface area contributed by atoms with Crippen LogP contribution in [0.4, 0.5) is 0 Å². The minimum atomic E-state index is -0.525. The van der Waals surface area contributed by atoms with E-state index in [0.717, 1.165) is 6.08 Å². The Morgan fingerprint density at radius 2 is 1.11 bits per heavy atom. The van der Waals surface area contributed by atoms with Crippen LogP contribution in [0.15, 0.2) is 90.5 Å². The van der Waals surface area contributed by atoms with Crippen LogP contribution in [-0.4, -0.2) is 17.3 Å². The molecule has 0 N–H and O–H groups in total. The molecule has 3 aromatic rings. The molecule has 0 aromatic heterocycles. The average Bonchev–Trinajstić information content (AvgIpc) is 2.74. The Morgan fingerprint density at radius 3 is 1.57 bits per heavy atom. The van der Waals surface area contributed by atoms with Crippen LogP contribution in [0.3, 0.4) is 0 Å². The van der Waals surface area contributed by atoms with Crippen LogP contribution in [0, 0.1) is 0 Å². The molecule has 0 saturated heterocycles. The zero-order valence-electron chi connectivity index (χ0n) is 14.6. The molecule has 0 aliphatic carbocycles. The van der Waals surface area contributed by atoms with Crippen molar-refractivity contribution in [2.75, 3.05) is 0 Å². The summed E-state index contributed by atoms with van der Waals surface area (Å²) in [4.78, 5) is 38.6. The van der Waals surface area contributed by atoms with E-state index in [4.69, 9.17) is 23.2 Å². The maximum Gasteiger partial charge on any atom is 0.197 e. The largest absolute Gasteiger partial charge is 0.289 e. The second-order valence-electron chi connectivity index (χ2n) is 5.94. The van der Waals surface area contributed by atoms with Gasteiger partial charge in [0.25, 0.3) is 0 Å². The summed E-state index contributed by atoms with van der Waals surface area (Å²) in [7, 11) is 0. The predicted molar refractivity (Wildman–Crippen MR) is 110 cm³/mol. The first-order chi connectivity index (χ1) is 13.5. The number of carbonyl (C=O) groups is 3. The van der Waals surface area contributed by atoms with Gasteiger partial charge in [0.05, 0.1) is 15.6 Å². The Hall–Kier alpha value is -3.01. The van der Waals surface area contributed by atoms with Crippen molar-refractivity contribution >= 4 is 40.6 Å². The Labute approximate surface area is 172 Å². The number of halogens is 2. The maximum atomic E-state index is 13.0. The van der Waals surface area contributed by atoms with Gasteiger partial charge in [-0.25, -0.2) is 0 Å². The van der Waals surface area contributed by atoms with Gasteiger partial charge in [-0.15, -0.1) is 0 Å². The lowest BCUT2D eigenvalue weighted by molar-refractivity contribution is 0.0948. The third kappa shape index (κ3) is 4.45. The highest BCUT2D eigenvalue weighted by Gasteiger charge is 2.23. The predicted octanol–water partition coefficient (Wildman–Crippen LogP) is 5.87. The fourth-order valence-electron chi connectivity index (χ4n) is 2.59. The van der Waals surface area contributed by atoms with Crippen LogP contribution < -0.4 is 0 Å². The van der Waals surface area contributed by atoms with Gasteiger partial charge in [-0.1, -0.05) is 83.9 Å². The summed E-state index contributed by atoms with van der Waals surface area (Å²) in [5.74, 6) is -1.56. The molecule has 0 heterocycles. The van der Waals surface area contributed by atoms with Gasteiger partial charge in [0.1, 0.15) is 0 Å². The molecule has 138 valence electrons. The summed E-state index contributed by atoms with van der Waals surface area (Å²) in [6.07, 6.45) is 1.06. The molecule has 5 heteroatoms. The summed E-state index contributed by atoms with van der Waals surface area (Å²) in [5.41, 5.74) is 0.655. The SMILES string of the molecule is O=C(C=C(C(=O)c1ccccc1)C(=O)c1ccccc1)c1ccc(Cl)c(Cl)c1. The first-order valence-electron chi connectivity index (χ1n) is 8.38. The summed E-state index contributed by atoms with van der Waals surface area (Å²) in [6.45, 7) is 0. The molecule has 0 fully saturated rings. The summed E-state index contributed by atoms with van der Waals surface area (Å²) >= 11 is 11.9. The Morgan fingerprint density at radius 1 is 0.607 bits per heavy atom. The lowest BCUT2D eigenvalue weighted by Gasteiger charge is -2.07. The number of ketones is 3.